The zero-order valence-corrected chi connectivity index (χ0v) is 10.7. The molecular weight excluding hydrogens is 230 g/mol. The highest BCUT2D eigenvalue weighted by atomic mass is 35.5. The summed E-state index contributed by atoms with van der Waals surface area (Å²) in [5, 5.41) is 0.787. The first-order chi connectivity index (χ1) is 8.22. The lowest BCUT2D eigenvalue weighted by Gasteiger charge is -2.09. The minimum absolute atomic E-state index is 0.673. The van der Waals surface area contributed by atoms with E-state index in [0.717, 1.165) is 22.6 Å². The van der Waals surface area contributed by atoms with E-state index in [1.54, 1.807) is 0 Å². The quantitative estimate of drug-likeness (QED) is 0.874. The molecule has 0 saturated carbocycles. The molecule has 2 heteroatoms. The highest BCUT2D eigenvalue weighted by molar-refractivity contribution is 6.33. The van der Waals surface area contributed by atoms with Gasteiger partial charge in [0.1, 0.15) is 0 Å². The van der Waals surface area contributed by atoms with Crippen LogP contribution < -0.4 is 5.73 Å². The minimum atomic E-state index is 0.673. The van der Waals surface area contributed by atoms with Crippen molar-refractivity contribution in [1.82, 2.24) is 0 Å². The summed E-state index contributed by atoms with van der Waals surface area (Å²) >= 11 is 6.20. The monoisotopic (exact) mass is 245 g/mol. The summed E-state index contributed by atoms with van der Waals surface area (Å²) in [5.41, 5.74) is 10.4. The third-order valence-electron chi connectivity index (χ3n) is 2.95. The Morgan fingerprint density at radius 3 is 2.59 bits per heavy atom. The zero-order valence-electron chi connectivity index (χ0n) is 9.91. The molecule has 0 aliphatic carbocycles. The van der Waals surface area contributed by atoms with Gasteiger partial charge >= 0.3 is 0 Å². The van der Waals surface area contributed by atoms with Crippen LogP contribution in [-0.2, 0) is 6.42 Å². The molecule has 0 atom stereocenters. The molecule has 2 aromatic rings. The van der Waals surface area contributed by atoms with Crippen molar-refractivity contribution in [3.05, 3.63) is 58.6 Å². The van der Waals surface area contributed by atoms with Crippen molar-refractivity contribution in [2.45, 2.75) is 13.3 Å². The third-order valence-corrected chi connectivity index (χ3v) is 3.28. The van der Waals surface area contributed by atoms with E-state index in [1.807, 2.05) is 24.3 Å². The number of aryl methyl sites for hydroxylation is 1. The summed E-state index contributed by atoms with van der Waals surface area (Å²) in [6.45, 7) is 2.79. The van der Waals surface area contributed by atoms with Crippen LogP contribution in [0.25, 0.3) is 11.1 Å². The van der Waals surface area contributed by atoms with Crippen molar-refractivity contribution < 1.29 is 0 Å². The molecule has 0 aliphatic heterocycles. The molecule has 0 radical (unpaired) electrons. The van der Waals surface area contributed by atoms with Gasteiger partial charge in [0.2, 0.25) is 0 Å². The second kappa shape index (κ2) is 5.35. The molecule has 0 fully saturated rings. The molecule has 2 N–H and O–H groups in total. The summed E-state index contributed by atoms with van der Waals surface area (Å²) < 4.78 is 0. The second-order valence-electron chi connectivity index (χ2n) is 4.16. The van der Waals surface area contributed by atoms with Crippen LogP contribution in [0.3, 0.4) is 0 Å². The molecule has 0 heterocycles. The fourth-order valence-corrected chi connectivity index (χ4v) is 2.20. The Morgan fingerprint density at radius 2 is 1.88 bits per heavy atom. The van der Waals surface area contributed by atoms with Gasteiger partial charge in [-0.05, 0) is 42.6 Å². The van der Waals surface area contributed by atoms with Gasteiger partial charge < -0.3 is 5.73 Å². The molecular formula is C15H16ClN. The predicted octanol–water partition coefficient (Wildman–Crippen LogP) is 3.82. The van der Waals surface area contributed by atoms with Gasteiger partial charge in [-0.2, -0.15) is 0 Å². The summed E-state index contributed by atoms with van der Waals surface area (Å²) in [7, 11) is 0. The van der Waals surface area contributed by atoms with E-state index < -0.39 is 0 Å². The van der Waals surface area contributed by atoms with E-state index in [1.165, 1.54) is 11.1 Å². The van der Waals surface area contributed by atoms with Gasteiger partial charge in [0.25, 0.3) is 0 Å². The summed E-state index contributed by atoms with van der Waals surface area (Å²) in [4.78, 5) is 0. The van der Waals surface area contributed by atoms with E-state index in [2.05, 4.69) is 25.1 Å². The number of hydrogen-bond acceptors (Lipinski definition) is 1. The first-order valence-electron chi connectivity index (χ1n) is 5.77. The van der Waals surface area contributed by atoms with Crippen LogP contribution in [0.4, 0.5) is 0 Å². The Hall–Kier alpha value is -1.31. The lowest BCUT2D eigenvalue weighted by molar-refractivity contribution is 0.958. The van der Waals surface area contributed by atoms with Crippen molar-refractivity contribution in [3.63, 3.8) is 0 Å². The van der Waals surface area contributed by atoms with Crippen molar-refractivity contribution in [1.29, 1.82) is 0 Å². The fraction of sp³-hybridized carbons (Fsp3) is 0.200. The molecule has 2 rings (SSSR count). The van der Waals surface area contributed by atoms with Gasteiger partial charge in [-0.1, -0.05) is 48.0 Å². The van der Waals surface area contributed by atoms with Gasteiger partial charge in [-0.25, -0.2) is 0 Å². The van der Waals surface area contributed by atoms with Gasteiger partial charge in [0, 0.05) is 10.6 Å². The van der Waals surface area contributed by atoms with E-state index in [-0.39, 0.29) is 0 Å². The average molecular weight is 246 g/mol. The van der Waals surface area contributed by atoms with Crippen molar-refractivity contribution in [2.75, 3.05) is 6.54 Å². The van der Waals surface area contributed by atoms with Gasteiger partial charge in [-0.3, -0.25) is 0 Å². The Balaban J connectivity index is 2.46. The van der Waals surface area contributed by atoms with Crippen LogP contribution in [0.15, 0.2) is 42.5 Å². The maximum Gasteiger partial charge on any atom is 0.0484 e. The SMILES string of the molecule is Cc1ccc(-c2ccccc2Cl)cc1CCN. The number of benzene rings is 2. The van der Waals surface area contributed by atoms with Crippen LogP contribution in [0.2, 0.25) is 5.02 Å². The molecule has 1 nitrogen and oxygen atoms in total. The Morgan fingerprint density at radius 1 is 1.12 bits per heavy atom. The second-order valence-corrected chi connectivity index (χ2v) is 4.57. The molecule has 2 aromatic carbocycles. The molecule has 0 amide bonds. The molecule has 0 unspecified atom stereocenters. The molecule has 0 aliphatic rings. The molecule has 0 saturated heterocycles. The molecule has 17 heavy (non-hydrogen) atoms. The van der Waals surface area contributed by atoms with E-state index >= 15 is 0 Å². The van der Waals surface area contributed by atoms with Gasteiger partial charge in [-0.15, -0.1) is 0 Å². The average Bonchev–Trinajstić information content (AvgIpc) is 2.33. The largest absolute Gasteiger partial charge is 0.330 e. The molecule has 88 valence electrons. The van der Waals surface area contributed by atoms with E-state index in [4.69, 9.17) is 17.3 Å². The van der Waals surface area contributed by atoms with Gasteiger partial charge in [0.05, 0.1) is 0 Å². The van der Waals surface area contributed by atoms with Crippen LogP contribution in [-0.4, -0.2) is 6.54 Å². The smallest absolute Gasteiger partial charge is 0.0484 e. The van der Waals surface area contributed by atoms with Crippen molar-refractivity contribution >= 4 is 11.6 Å². The summed E-state index contributed by atoms with van der Waals surface area (Å²) in [6.07, 6.45) is 0.907. The first kappa shape index (κ1) is 12.2. The third kappa shape index (κ3) is 2.68. The predicted molar refractivity (Wildman–Crippen MR) is 74.4 cm³/mol. The zero-order chi connectivity index (χ0) is 12.3. The van der Waals surface area contributed by atoms with Crippen LogP contribution in [0, 0.1) is 6.92 Å². The summed E-state index contributed by atoms with van der Waals surface area (Å²) in [5.74, 6) is 0. The van der Waals surface area contributed by atoms with Crippen molar-refractivity contribution in [3.8, 4) is 11.1 Å². The van der Waals surface area contributed by atoms with Crippen LogP contribution >= 0.6 is 11.6 Å². The number of nitrogens with two attached hydrogens (primary N) is 1. The fourth-order valence-electron chi connectivity index (χ4n) is 1.96. The van der Waals surface area contributed by atoms with Gasteiger partial charge in [0.15, 0.2) is 0 Å². The lowest BCUT2D eigenvalue weighted by Crippen LogP contribution is -2.04. The van der Waals surface area contributed by atoms with Crippen LogP contribution in [0.5, 0.6) is 0 Å². The Labute approximate surface area is 107 Å². The lowest BCUT2D eigenvalue weighted by atomic mass is 9.98. The first-order valence-corrected chi connectivity index (χ1v) is 6.14. The number of rotatable bonds is 3. The summed E-state index contributed by atoms with van der Waals surface area (Å²) in [6, 6.07) is 14.3. The van der Waals surface area contributed by atoms with E-state index in [0.29, 0.717) is 6.54 Å². The maximum absolute atomic E-state index is 6.20. The molecule has 0 spiro atoms. The number of halogens is 1. The standard InChI is InChI=1S/C15H16ClN/c1-11-6-7-13(10-12(11)8-9-17)14-4-2-3-5-15(14)16/h2-7,10H,8-9,17H2,1H3. The van der Waals surface area contributed by atoms with E-state index in [9.17, 15) is 0 Å². The highest BCUT2D eigenvalue weighted by Crippen LogP contribution is 2.28. The Kier molecular flexibility index (Phi) is 3.82. The number of hydrogen-bond donors (Lipinski definition) is 1. The maximum atomic E-state index is 6.20. The molecule has 0 bridgehead atoms. The topological polar surface area (TPSA) is 26.0 Å². The van der Waals surface area contributed by atoms with Crippen LogP contribution in [0.1, 0.15) is 11.1 Å². The molecule has 0 aromatic heterocycles. The van der Waals surface area contributed by atoms with Crippen molar-refractivity contribution in [2.24, 2.45) is 5.73 Å². The minimum Gasteiger partial charge on any atom is -0.330 e. The highest BCUT2D eigenvalue weighted by Gasteiger charge is 2.05. The Bertz CT molecular complexity index is 520. The normalized spacial score (nSPS) is 10.5.